The van der Waals surface area contributed by atoms with Crippen LogP contribution in [0.25, 0.3) is 0 Å². The number of carbonyl (C=O) groups excluding carboxylic acids is 1. The van der Waals surface area contributed by atoms with E-state index in [2.05, 4.69) is 5.32 Å². The smallest absolute Gasteiger partial charge is 0.252 e. The molecule has 0 saturated heterocycles. The Morgan fingerprint density at radius 2 is 2.27 bits per heavy atom. The molecule has 5 heteroatoms. The predicted octanol–water partition coefficient (Wildman–Crippen LogP) is 1.48. The van der Waals surface area contributed by atoms with Crippen LogP contribution in [0.5, 0.6) is 0 Å². The van der Waals surface area contributed by atoms with E-state index >= 15 is 0 Å². The number of hydrogen-bond acceptors (Lipinski definition) is 2. The Hall–Kier alpha value is -1.13. The largest absolute Gasteiger partial charge is 0.351 e. The molecule has 0 aromatic heterocycles. The molecule has 0 saturated carbocycles. The van der Waals surface area contributed by atoms with Crippen LogP contribution in [0.3, 0.4) is 0 Å². The van der Waals surface area contributed by atoms with Crippen LogP contribution in [0, 0.1) is 12.7 Å². The first kappa shape index (κ1) is 11.9. The van der Waals surface area contributed by atoms with E-state index in [0.717, 1.165) is 6.07 Å². The fourth-order valence-electron chi connectivity index (χ4n) is 1.11. The van der Waals surface area contributed by atoms with E-state index in [0.29, 0.717) is 18.7 Å². The number of nitrogens with one attached hydrogen (secondary N) is 1. The molecule has 0 fully saturated rings. The zero-order valence-corrected chi connectivity index (χ0v) is 9.07. The lowest BCUT2D eigenvalue weighted by molar-refractivity contribution is 0.0955. The fourth-order valence-corrected chi connectivity index (χ4v) is 1.35. The second kappa shape index (κ2) is 5.09. The number of rotatable bonds is 3. The number of nitrogens with two attached hydrogens (primary N) is 1. The summed E-state index contributed by atoms with van der Waals surface area (Å²) in [4.78, 5) is 11.5. The van der Waals surface area contributed by atoms with Crippen molar-refractivity contribution in [3.63, 3.8) is 0 Å². The van der Waals surface area contributed by atoms with E-state index in [-0.39, 0.29) is 16.5 Å². The Balaban J connectivity index is 2.94. The predicted molar refractivity (Wildman–Crippen MR) is 57.5 cm³/mol. The van der Waals surface area contributed by atoms with Crippen LogP contribution in [-0.2, 0) is 0 Å². The summed E-state index contributed by atoms with van der Waals surface area (Å²) in [6, 6.07) is 2.55. The van der Waals surface area contributed by atoms with Gasteiger partial charge in [0.2, 0.25) is 0 Å². The molecule has 1 amide bonds. The van der Waals surface area contributed by atoms with Gasteiger partial charge in [0.15, 0.2) is 0 Å². The number of hydrogen-bond donors (Lipinski definition) is 2. The molecule has 1 aromatic rings. The zero-order valence-electron chi connectivity index (χ0n) is 8.31. The molecule has 3 N–H and O–H groups in total. The molecule has 1 rings (SSSR count). The first-order valence-electron chi connectivity index (χ1n) is 4.50. The highest BCUT2D eigenvalue weighted by Gasteiger charge is 2.12. The van der Waals surface area contributed by atoms with Crippen LogP contribution in [0.15, 0.2) is 12.1 Å². The van der Waals surface area contributed by atoms with Crippen LogP contribution < -0.4 is 11.1 Å². The van der Waals surface area contributed by atoms with Crippen LogP contribution in [0.4, 0.5) is 4.39 Å². The number of amides is 1. The standard InChI is InChI=1S/C10H12ClFN2O/c1-6-4-7(8(11)5-9(6)12)10(15)14-3-2-13/h4-5H,2-3,13H2,1H3,(H,14,15). The lowest BCUT2D eigenvalue weighted by atomic mass is 10.1. The Kier molecular flexibility index (Phi) is 4.05. The molecule has 82 valence electrons. The van der Waals surface area contributed by atoms with Gasteiger partial charge in [0.1, 0.15) is 5.82 Å². The maximum atomic E-state index is 13.0. The van der Waals surface area contributed by atoms with E-state index in [1.165, 1.54) is 6.07 Å². The number of carbonyl (C=O) groups is 1. The highest BCUT2D eigenvalue weighted by Crippen LogP contribution is 2.20. The molecule has 1 aromatic carbocycles. The van der Waals surface area contributed by atoms with E-state index in [9.17, 15) is 9.18 Å². The second-order valence-corrected chi connectivity index (χ2v) is 3.53. The zero-order chi connectivity index (χ0) is 11.4. The van der Waals surface area contributed by atoms with Crippen molar-refractivity contribution in [1.82, 2.24) is 5.32 Å². The number of aryl methyl sites for hydroxylation is 1. The van der Waals surface area contributed by atoms with Crippen molar-refractivity contribution < 1.29 is 9.18 Å². The Morgan fingerprint density at radius 1 is 1.60 bits per heavy atom. The van der Waals surface area contributed by atoms with Crippen molar-refractivity contribution in [2.24, 2.45) is 5.73 Å². The van der Waals surface area contributed by atoms with E-state index in [4.69, 9.17) is 17.3 Å². The highest BCUT2D eigenvalue weighted by molar-refractivity contribution is 6.33. The average molecular weight is 231 g/mol. The summed E-state index contributed by atoms with van der Waals surface area (Å²) in [7, 11) is 0. The molecular weight excluding hydrogens is 219 g/mol. The van der Waals surface area contributed by atoms with Gasteiger partial charge in [0, 0.05) is 13.1 Å². The lowest BCUT2D eigenvalue weighted by Crippen LogP contribution is -2.29. The molecular formula is C10H12ClFN2O. The molecule has 0 atom stereocenters. The summed E-state index contributed by atoms with van der Waals surface area (Å²) in [5.41, 5.74) is 5.89. The third-order valence-electron chi connectivity index (χ3n) is 1.92. The van der Waals surface area contributed by atoms with Crippen molar-refractivity contribution in [3.05, 3.63) is 34.1 Å². The maximum absolute atomic E-state index is 13.0. The van der Waals surface area contributed by atoms with Gasteiger partial charge in [-0.25, -0.2) is 4.39 Å². The third kappa shape index (κ3) is 2.91. The van der Waals surface area contributed by atoms with E-state index in [1.54, 1.807) is 6.92 Å². The Morgan fingerprint density at radius 3 is 2.87 bits per heavy atom. The minimum Gasteiger partial charge on any atom is -0.351 e. The van der Waals surface area contributed by atoms with Gasteiger partial charge in [-0.2, -0.15) is 0 Å². The second-order valence-electron chi connectivity index (χ2n) is 3.13. The van der Waals surface area contributed by atoms with Crippen molar-refractivity contribution in [2.75, 3.05) is 13.1 Å². The Labute approximate surface area is 92.4 Å². The van der Waals surface area contributed by atoms with Crippen LogP contribution in [-0.4, -0.2) is 19.0 Å². The maximum Gasteiger partial charge on any atom is 0.252 e. The topological polar surface area (TPSA) is 55.1 Å². The third-order valence-corrected chi connectivity index (χ3v) is 2.24. The van der Waals surface area contributed by atoms with Gasteiger partial charge in [0.25, 0.3) is 5.91 Å². The van der Waals surface area contributed by atoms with Crippen molar-refractivity contribution in [2.45, 2.75) is 6.92 Å². The Bertz CT molecular complexity index is 382. The quantitative estimate of drug-likeness (QED) is 0.827. The van der Waals surface area contributed by atoms with Crippen molar-refractivity contribution in [3.8, 4) is 0 Å². The van der Waals surface area contributed by atoms with Gasteiger partial charge in [-0.3, -0.25) is 4.79 Å². The normalized spacial score (nSPS) is 10.1. The molecule has 0 aliphatic carbocycles. The fraction of sp³-hybridized carbons (Fsp3) is 0.300. The average Bonchev–Trinajstić information content (AvgIpc) is 2.20. The van der Waals surface area contributed by atoms with Crippen molar-refractivity contribution >= 4 is 17.5 Å². The monoisotopic (exact) mass is 230 g/mol. The van der Waals surface area contributed by atoms with Crippen LogP contribution in [0.1, 0.15) is 15.9 Å². The van der Waals surface area contributed by atoms with Crippen LogP contribution >= 0.6 is 11.6 Å². The van der Waals surface area contributed by atoms with Gasteiger partial charge in [-0.05, 0) is 24.6 Å². The summed E-state index contributed by atoms with van der Waals surface area (Å²) in [5, 5.41) is 2.67. The minimum absolute atomic E-state index is 0.104. The lowest BCUT2D eigenvalue weighted by Gasteiger charge is -2.07. The summed E-state index contributed by atoms with van der Waals surface area (Å²) >= 11 is 5.74. The minimum atomic E-state index is -0.421. The van der Waals surface area contributed by atoms with Gasteiger partial charge in [-0.15, -0.1) is 0 Å². The molecule has 0 aliphatic heterocycles. The summed E-state index contributed by atoms with van der Waals surface area (Å²) in [6.07, 6.45) is 0. The molecule has 3 nitrogen and oxygen atoms in total. The first-order chi connectivity index (χ1) is 7.06. The van der Waals surface area contributed by atoms with Gasteiger partial charge in [-0.1, -0.05) is 11.6 Å². The molecule has 15 heavy (non-hydrogen) atoms. The van der Waals surface area contributed by atoms with Crippen molar-refractivity contribution in [1.29, 1.82) is 0 Å². The first-order valence-corrected chi connectivity index (χ1v) is 4.88. The number of benzene rings is 1. The summed E-state index contributed by atoms with van der Waals surface area (Å²) < 4.78 is 13.0. The van der Waals surface area contributed by atoms with Gasteiger partial charge >= 0.3 is 0 Å². The summed E-state index contributed by atoms with van der Waals surface area (Å²) in [5.74, 6) is -0.760. The van der Waals surface area contributed by atoms with E-state index < -0.39 is 5.82 Å². The molecule has 0 bridgehead atoms. The van der Waals surface area contributed by atoms with E-state index in [1.807, 2.05) is 0 Å². The summed E-state index contributed by atoms with van der Waals surface area (Å²) in [6.45, 7) is 2.29. The van der Waals surface area contributed by atoms with Gasteiger partial charge < -0.3 is 11.1 Å². The molecule has 0 unspecified atom stereocenters. The highest BCUT2D eigenvalue weighted by atomic mass is 35.5. The van der Waals surface area contributed by atoms with Gasteiger partial charge in [0.05, 0.1) is 10.6 Å². The number of halogens is 2. The molecule has 0 aliphatic rings. The molecule has 0 spiro atoms. The van der Waals surface area contributed by atoms with Crippen LogP contribution in [0.2, 0.25) is 5.02 Å². The molecule has 0 heterocycles. The molecule has 0 radical (unpaired) electrons. The SMILES string of the molecule is Cc1cc(C(=O)NCCN)c(Cl)cc1F.